The molecule has 8 heteroatoms. The smallest absolute Gasteiger partial charge is 0.243 e. The van der Waals surface area contributed by atoms with Gasteiger partial charge in [-0.2, -0.15) is 0 Å². The largest absolute Gasteiger partial charge is 0.376 e. The summed E-state index contributed by atoms with van der Waals surface area (Å²) in [6.45, 7) is 1.54. The Bertz CT molecular complexity index is 502. The van der Waals surface area contributed by atoms with Gasteiger partial charge in [0, 0.05) is 18.9 Å². The first-order valence-corrected chi connectivity index (χ1v) is 7.24. The number of rotatable bonds is 4. The van der Waals surface area contributed by atoms with Crippen molar-refractivity contribution in [2.24, 2.45) is 0 Å². The van der Waals surface area contributed by atoms with E-state index in [2.05, 4.69) is 9.71 Å². The lowest BCUT2D eigenvalue weighted by molar-refractivity contribution is -0.0846. The fraction of sp³-hybridized carbons (Fsp3) is 0.500. The monoisotopic (exact) mass is 292 g/mol. The van der Waals surface area contributed by atoms with Crippen LogP contribution >= 0.6 is 11.6 Å². The molecule has 1 aliphatic rings. The minimum Gasteiger partial charge on any atom is -0.376 e. The van der Waals surface area contributed by atoms with Crippen molar-refractivity contribution in [2.75, 3.05) is 26.4 Å². The molecule has 1 atom stereocenters. The van der Waals surface area contributed by atoms with Gasteiger partial charge in [-0.25, -0.2) is 13.1 Å². The highest BCUT2D eigenvalue weighted by atomic mass is 35.5. The van der Waals surface area contributed by atoms with E-state index in [0.717, 1.165) is 0 Å². The molecule has 100 valence electrons. The van der Waals surface area contributed by atoms with Crippen LogP contribution < -0.4 is 4.72 Å². The number of nitrogens with one attached hydrogen (secondary N) is 1. The fourth-order valence-corrected chi connectivity index (χ4v) is 2.99. The van der Waals surface area contributed by atoms with Gasteiger partial charge in [0.05, 0.1) is 30.9 Å². The molecule has 0 spiro atoms. The summed E-state index contributed by atoms with van der Waals surface area (Å²) in [7, 11) is -3.67. The number of halogens is 1. The van der Waals surface area contributed by atoms with Crippen LogP contribution in [0.15, 0.2) is 23.4 Å². The zero-order chi connectivity index (χ0) is 13.0. The van der Waals surface area contributed by atoms with Gasteiger partial charge in [-0.15, -0.1) is 0 Å². The van der Waals surface area contributed by atoms with Crippen molar-refractivity contribution in [1.82, 2.24) is 9.71 Å². The van der Waals surface area contributed by atoms with Crippen molar-refractivity contribution in [3.63, 3.8) is 0 Å². The zero-order valence-electron chi connectivity index (χ0n) is 9.50. The second-order valence-corrected chi connectivity index (χ2v) is 5.87. The Labute approximate surface area is 110 Å². The Hall–Kier alpha value is -0.730. The van der Waals surface area contributed by atoms with Gasteiger partial charge < -0.3 is 9.47 Å². The highest BCUT2D eigenvalue weighted by molar-refractivity contribution is 7.89. The molecule has 1 saturated heterocycles. The second kappa shape index (κ2) is 5.94. The first-order valence-electron chi connectivity index (χ1n) is 5.38. The average Bonchev–Trinajstić information content (AvgIpc) is 2.38. The van der Waals surface area contributed by atoms with Crippen molar-refractivity contribution in [3.05, 3.63) is 23.5 Å². The summed E-state index contributed by atoms with van der Waals surface area (Å²) in [5.74, 6) is 0. The van der Waals surface area contributed by atoms with Gasteiger partial charge in [0.1, 0.15) is 4.90 Å². The van der Waals surface area contributed by atoms with E-state index < -0.39 is 10.0 Å². The molecular formula is C10H13ClN2O4S. The molecule has 0 bridgehead atoms. The lowest BCUT2D eigenvalue weighted by Crippen LogP contribution is -2.39. The van der Waals surface area contributed by atoms with Crippen molar-refractivity contribution >= 4 is 21.6 Å². The van der Waals surface area contributed by atoms with Crippen molar-refractivity contribution in [1.29, 1.82) is 0 Å². The lowest BCUT2D eigenvalue weighted by atomic mass is 10.3. The zero-order valence-corrected chi connectivity index (χ0v) is 11.1. The quantitative estimate of drug-likeness (QED) is 0.871. The normalized spacial score (nSPS) is 20.8. The lowest BCUT2D eigenvalue weighted by Gasteiger charge is -2.23. The first kappa shape index (κ1) is 13.7. The van der Waals surface area contributed by atoms with E-state index in [4.69, 9.17) is 21.1 Å². The number of nitrogens with zero attached hydrogens (tertiary/aromatic N) is 1. The van der Waals surface area contributed by atoms with Crippen LogP contribution in [-0.2, 0) is 19.5 Å². The fourth-order valence-electron chi connectivity index (χ4n) is 1.50. The van der Waals surface area contributed by atoms with Crippen LogP contribution in [0.25, 0.3) is 0 Å². The SMILES string of the molecule is O=S(=O)(NCC1COCCO1)c1cnccc1Cl. The van der Waals surface area contributed by atoms with E-state index >= 15 is 0 Å². The maximum absolute atomic E-state index is 12.0. The first-order chi connectivity index (χ1) is 8.59. The molecule has 1 N–H and O–H groups in total. The maximum Gasteiger partial charge on any atom is 0.243 e. The van der Waals surface area contributed by atoms with Crippen LogP contribution in [0.1, 0.15) is 0 Å². The molecule has 1 aromatic rings. The predicted octanol–water partition coefficient (Wildman–Crippen LogP) is 0.429. The van der Waals surface area contributed by atoms with Crippen LogP contribution in [0.4, 0.5) is 0 Å². The number of hydrogen-bond acceptors (Lipinski definition) is 5. The molecule has 1 fully saturated rings. The Morgan fingerprint density at radius 3 is 3.00 bits per heavy atom. The van der Waals surface area contributed by atoms with Gasteiger partial charge in [0.15, 0.2) is 0 Å². The van der Waals surface area contributed by atoms with Gasteiger partial charge >= 0.3 is 0 Å². The van der Waals surface area contributed by atoms with Gasteiger partial charge in [0.25, 0.3) is 0 Å². The van der Waals surface area contributed by atoms with Gasteiger partial charge in [-0.1, -0.05) is 11.6 Å². The van der Waals surface area contributed by atoms with E-state index in [0.29, 0.717) is 19.8 Å². The number of pyridine rings is 1. The maximum atomic E-state index is 12.0. The Kier molecular flexibility index (Phi) is 4.52. The van der Waals surface area contributed by atoms with Crippen LogP contribution in [0, 0.1) is 0 Å². The third-order valence-electron chi connectivity index (χ3n) is 2.41. The molecule has 2 rings (SSSR count). The van der Waals surface area contributed by atoms with Gasteiger partial charge in [-0.3, -0.25) is 4.98 Å². The predicted molar refractivity (Wildman–Crippen MR) is 65.0 cm³/mol. The third-order valence-corrected chi connectivity index (χ3v) is 4.30. The minimum atomic E-state index is -3.67. The summed E-state index contributed by atoms with van der Waals surface area (Å²) in [6, 6.07) is 1.43. The molecule has 1 aromatic heterocycles. The van der Waals surface area contributed by atoms with E-state index in [1.807, 2.05) is 0 Å². The van der Waals surface area contributed by atoms with E-state index in [9.17, 15) is 8.42 Å². The number of ether oxygens (including phenoxy) is 2. The molecule has 0 aromatic carbocycles. The van der Waals surface area contributed by atoms with E-state index in [1.54, 1.807) is 0 Å². The molecule has 1 unspecified atom stereocenters. The van der Waals surface area contributed by atoms with Crippen LogP contribution in [0.5, 0.6) is 0 Å². The minimum absolute atomic E-state index is 0.0385. The molecule has 2 heterocycles. The van der Waals surface area contributed by atoms with Crippen LogP contribution in [0.2, 0.25) is 5.02 Å². The summed E-state index contributed by atoms with van der Waals surface area (Å²) < 4.78 is 36.9. The highest BCUT2D eigenvalue weighted by Crippen LogP contribution is 2.18. The molecule has 18 heavy (non-hydrogen) atoms. The molecular weight excluding hydrogens is 280 g/mol. The standard InChI is InChI=1S/C10H13ClN2O4S/c11-9-1-2-12-6-10(9)18(14,15)13-5-8-7-16-3-4-17-8/h1-2,6,8,13H,3-5,7H2. The number of aromatic nitrogens is 1. The van der Waals surface area contributed by atoms with E-state index in [1.165, 1.54) is 18.5 Å². The van der Waals surface area contributed by atoms with Crippen LogP contribution in [-0.4, -0.2) is 45.9 Å². The Morgan fingerprint density at radius 1 is 1.50 bits per heavy atom. The topological polar surface area (TPSA) is 77.5 Å². The Morgan fingerprint density at radius 2 is 2.33 bits per heavy atom. The molecule has 0 amide bonds. The van der Waals surface area contributed by atoms with E-state index in [-0.39, 0.29) is 22.6 Å². The molecule has 6 nitrogen and oxygen atoms in total. The summed E-state index contributed by atoms with van der Waals surface area (Å²) >= 11 is 5.82. The number of hydrogen-bond donors (Lipinski definition) is 1. The summed E-state index contributed by atoms with van der Waals surface area (Å²) in [5.41, 5.74) is 0. The molecule has 1 aliphatic heterocycles. The van der Waals surface area contributed by atoms with Crippen molar-refractivity contribution < 1.29 is 17.9 Å². The van der Waals surface area contributed by atoms with Crippen LogP contribution in [0.3, 0.4) is 0 Å². The molecule has 0 saturated carbocycles. The highest BCUT2D eigenvalue weighted by Gasteiger charge is 2.21. The summed E-state index contributed by atoms with van der Waals surface area (Å²) in [6.07, 6.45) is 2.37. The van der Waals surface area contributed by atoms with Crippen molar-refractivity contribution in [2.45, 2.75) is 11.0 Å². The Balaban J connectivity index is 2.01. The van der Waals surface area contributed by atoms with Gasteiger partial charge in [0.2, 0.25) is 10.0 Å². The number of sulfonamides is 1. The average molecular weight is 293 g/mol. The molecule has 0 aliphatic carbocycles. The second-order valence-electron chi connectivity index (χ2n) is 3.73. The van der Waals surface area contributed by atoms with Crippen molar-refractivity contribution in [3.8, 4) is 0 Å². The summed E-state index contributed by atoms with van der Waals surface area (Å²) in [4.78, 5) is 3.71. The van der Waals surface area contributed by atoms with Gasteiger partial charge in [-0.05, 0) is 6.07 Å². The summed E-state index contributed by atoms with van der Waals surface area (Å²) in [5, 5.41) is 0.137. The molecule has 0 radical (unpaired) electrons. The third kappa shape index (κ3) is 3.39.